The van der Waals surface area contributed by atoms with E-state index < -0.39 is 4.92 Å². The lowest BCUT2D eigenvalue weighted by molar-refractivity contribution is -0.384. The molecule has 162 valence electrons. The van der Waals surface area contributed by atoms with Gasteiger partial charge < -0.3 is 4.57 Å². The lowest BCUT2D eigenvalue weighted by Crippen LogP contribution is -2.20. The Morgan fingerprint density at radius 3 is 2.47 bits per heavy atom. The summed E-state index contributed by atoms with van der Waals surface area (Å²) in [6, 6.07) is 15.8. The van der Waals surface area contributed by atoms with Crippen molar-refractivity contribution in [3.05, 3.63) is 104 Å². The van der Waals surface area contributed by atoms with E-state index in [1.807, 2.05) is 54.3 Å². The molecule has 0 spiro atoms. The van der Waals surface area contributed by atoms with Gasteiger partial charge in [-0.05, 0) is 36.8 Å². The minimum Gasteiger partial charge on any atom is -0.313 e. The maximum atomic E-state index is 13.2. The number of non-ortho nitro benzene ring substituents is 1. The first-order valence-corrected chi connectivity index (χ1v) is 10.7. The van der Waals surface area contributed by atoms with Gasteiger partial charge in [0.25, 0.3) is 11.2 Å². The maximum Gasteiger partial charge on any atom is 0.297 e. The molecule has 0 bridgehead atoms. The standard InChI is InChI=1S/C23H21N5O3S/c1-4-14-26-20(17-10-12-19(13-11-17)28(30)31)15-32-23(26)24-21-16(2)25(3)27(22(21)29)18-8-6-5-7-9-18/h4-13,15H,1,14H2,2-3H3. The van der Waals surface area contributed by atoms with E-state index in [9.17, 15) is 14.9 Å². The smallest absolute Gasteiger partial charge is 0.297 e. The molecule has 4 aromatic rings. The van der Waals surface area contributed by atoms with Gasteiger partial charge in [-0.25, -0.2) is 9.67 Å². The highest BCUT2D eigenvalue weighted by atomic mass is 32.1. The molecular formula is C23H21N5O3S. The van der Waals surface area contributed by atoms with Crippen molar-refractivity contribution in [1.82, 2.24) is 13.9 Å². The van der Waals surface area contributed by atoms with E-state index in [0.29, 0.717) is 17.0 Å². The summed E-state index contributed by atoms with van der Waals surface area (Å²) in [5.74, 6) is 0. The summed E-state index contributed by atoms with van der Waals surface area (Å²) < 4.78 is 5.33. The molecule has 0 atom stereocenters. The molecule has 0 radical (unpaired) electrons. The van der Waals surface area contributed by atoms with E-state index >= 15 is 0 Å². The van der Waals surface area contributed by atoms with Gasteiger partial charge in [-0.1, -0.05) is 24.3 Å². The minimum atomic E-state index is -0.425. The number of benzene rings is 2. The van der Waals surface area contributed by atoms with Crippen LogP contribution < -0.4 is 10.4 Å². The first-order chi connectivity index (χ1) is 15.4. The number of nitrogens with zero attached hydrogens (tertiary/aromatic N) is 5. The molecule has 0 saturated carbocycles. The lowest BCUT2D eigenvalue weighted by atomic mass is 10.1. The first-order valence-electron chi connectivity index (χ1n) is 9.85. The summed E-state index contributed by atoms with van der Waals surface area (Å²) >= 11 is 1.40. The van der Waals surface area contributed by atoms with Gasteiger partial charge in [-0.15, -0.1) is 17.9 Å². The summed E-state index contributed by atoms with van der Waals surface area (Å²) in [6.45, 7) is 6.17. The zero-order chi connectivity index (χ0) is 22.8. The fourth-order valence-electron chi connectivity index (χ4n) is 3.49. The molecule has 32 heavy (non-hydrogen) atoms. The Morgan fingerprint density at radius 2 is 1.84 bits per heavy atom. The van der Waals surface area contributed by atoms with Crippen molar-refractivity contribution in [2.45, 2.75) is 13.5 Å². The summed E-state index contributed by atoms with van der Waals surface area (Å²) in [6.07, 6.45) is 1.75. The van der Waals surface area contributed by atoms with Crippen molar-refractivity contribution < 1.29 is 4.92 Å². The summed E-state index contributed by atoms with van der Waals surface area (Å²) in [5.41, 5.74) is 3.38. The maximum absolute atomic E-state index is 13.2. The predicted molar refractivity (Wildman–Crippen MR) is 126 cm³/mol. The van der Waals surface area contributed by atoms with Crippen LogP contribution in [0.5, 0.6) is 0 Å². The van der Waals surface area contributed by atoms with E-state index in [2.05, 4.69) is 6.58 Å². The molecule has 0 N–H and O–H groups in total. The summed E-state index contributed by atoms with van der Waals surface area (Å²) in [7, 11) is 1.83. The predicted octanol–water partition coefficient (Wildman–Crippen LogP) is 4.34. The molecule has 8 nitrogen and oxygen atoms in total. The number of nitro benzene ring substituents is 1. The van der Waals surface area contributed by atoms with E-state index in [0.717, 1.165) is 22.6 Å². The average molecular weight is 448 g/mol. The zero-order valence-electron chi connectivity index (χ0n) is 17.6. The third-order valence-electron chi connectivity index (χ3n) is 5.21. The van der Waals surface area contributed by atoms with Crippen molar-refractivity contribution in [1.29, 1.82) is 0 Å². The highest BCUT2D eigenvalue weighted by Gasteiger charge is 2.17. The van der Waals surface area contributed by atoms with Crippen molar-refractivity contribution in [3.8, 4) is 16.9 Å². The van der Waals surface area contributed by atoms with Gasteiger partial charge in [0.2, 0.25) is 0 Å². The molecule has 9 heteroatoms. The van der Waals surface area contributed by atoms with Crippen LogP contribution in [0.3, 0.4) is 0 Å². The number of hydrogen-bond acceptors (Lipinski definition) is 5. The van der Waals surface area contributed by atoms with Crippen LogP contribution in [0, 0.1) is 17.0 Å². The molecule has 2 aromatic heterocycles. The van der Waals surface area contributed by atoms with Gasteiger partial charge in [0.1, 0.15) is 0 Å². The third-order valence-corrected chi connectivity index (χ3v) is 6.08. The van der Waals surface area contributed by atoms with Crippen LogP contribution in [0.1, 0.15) is 5.69 Å². The Kier molecular flexibility index (Phi) is 5.74. The van der Waals surface area contributed by atoms with E-state index in [1.165, 1.54) is 23.5 Å². The van der Waals surface area contributed by atoms with Crippen LogP contribution in [0.2, 0.25) is 0 Å². The number of thiazole rings is 1. The second kappa shape index (κ2) is 8.64. The minimum absolute atomic E-state index is 0.0329. The Bertz CT molecular complexity index is 1420. The lowest BCUT2D eigenvalue weighted by Gasteiger charge is -2.07. The molecule has 2 aromatic carbocycles. The van der Waals surface area contributed by atoms with Crippen molar-refractivity contribution in [2.24, 2.45) is 12.0 Å². The average Bonchev–Trinajstić information content (AvgIpc) is 3.28. The third kappa shape index (κ3) is 3.74. The number of allylic oxidation sites excluding steroid dienone is 1. The van der Waals surface area contributed by atoms with E-state index in [1.54, 1.807) is 27.6 Å². The number of para-hydroxylation sites is 1. The van der Waals surface area contributed by atoms with E-state index in [-0.39, 0.29) is 11.2 Å². The molecule has 4 rings (SSSR count). The molecule has 0 aliphatic heterocycles. The summed E-state index contributed by atoms with van der Waals surface area (Å²) in [5, 5.41) is 12.9. The van der Waals surface area contributed by atoms with Crippen LogP contribution >= 0.6 is 11.3 Å². The number of hydrogen-bond donors (Lipinski definition) is 0. The fourth-order valence-corrected chi connectivity index (χ4v) is 4.41. The van der Waals surface area contributed by atoms with Crippen LogP contribution in [-0.2, 0) is 13.6 Å². The van der Waals surface area contributed by atoms with Crippen LogP contribution in [0.4, 0.5) is 11.4 Å². The first kappa shape index (κ1) is 21.3. The Morgan fingerprint density at radius 1 is 1.16 bits per heavy atom. The quantitative estimate of drug-likeness (QED) is 0.250. The second-order valence-electron chi connectivity index (χ2n) is 7.13. The highest BCUT2D eigenvalue weighted by molar-refractivity contribution is 7.07. The number of rotatable bonds is 6. The van der Waals surface area contributed by atoms with Crippen molar-refractivity contribution in [3.63, 3.8) is 0 Å². The molecule has 0 aliphatic carbocycles. The zero-order valence-corrected chi connectivity index (χ0v) is 18.5. The van der Waals surface area contributed by atoms with Gasteiger partial charge in [0.05, 0.1) is 22.0 Å². The monoisotopic (exact) mass is 447 g/mol. The van der Waals surface area contributed by atoms with Gasteiger partial charge in [-0.3, -0.25) is 19.6 Å². The van der Waals surface area contributed by atoms with Gasteiger partial charge in [0.15, 0.2) is 10.5 Å². The fraction of sp³-hybridized carbons (Fsp3) is 0.130. The molecule has 0 fully saturated rings. The highest BCUT2D eigenvalue weighted by Crippen LogP contribution is 2.24. The van der Waals surface area contributed by atoms with Crippen LogP contribution in [-0.4, -0.2) is 18.9 Å². The SMILES string of the molecule is C=CCn1c(-c2ccc([N+](=O)[O-])cc2)csc1=Nc1c(C)n(C)n(-c2ccccc2)c1=O. The molecule has 0 saturated heterocycles. The second-order valence-corrected chi connectivity index (χ2v) is 7.97. The van der Waals surface area contributed by atoms with Crippen LogP contribution in [0.25, 0.3) is 16.9 Å². The number of nitro groups is 1. The number of aromatic nitrogens is 3. The van der Waals surface area contributed by atoms with Gasteiger partial charge in [0, 0.05) is 31.1 Å². The van der Waals surface area contributed by atoms with E-state index in [4.69, 9.17) is 4.99 Å². The largest absolute Gasteiger partial charge is 0.313 e. The molecule has 2 heterocycles. The Hall–Kier alpha value is -3.98. The molecular weight excluding hydrogens is 426 g/mol. The van der Waals surface area contributed by atoms with Gasteiger partial charge in [-0.2, -0.15) is 0 Å². The molecule has 0 unspecified atom stereocenters. The van der Waals surface area contributed by atoms with Crippen molar-refractivity contribution >= 4 is 22.7 Å². The normalized spacial score (nSPS) is 11.6. The molecule has 0 aliphatic rings. The molecule has 0 amide bonds. The van der Waals surface area contributed by atoms with Gasteiger partial charge >= 0.3 is 0 Å². The Balaban J connectivity index is 1.86. The van der Waals surface area contributed by atoms with Crippen molar-refractivity contribution in [2.75, 3.05) is 0 Å². The summed E-state index contributed by atoms with van der Waals surface area (Å²) in [4.78, 5) is 29.1. The topological polar surface area (TPSA) is 87.4 Å². The van der Waals surface area contributed by atoms with Crippen LogP contribution in [0.15, 0.2) is 82.4 Å². The Labute approximate surface area is 187 Å².